The molecule has 1 aromatic carbocycles. The van der Waals surface area contributed by atoms with Crippen LogP contribution in [0.25, 0.3) is 5.95 Å². The summed E-state index contributed by atoms with van der Waals surface area (Å²) in [7, 11) is 0. The number of alkyl halides is 3. The van der Waals surface area contributed by atoms with Gasteiger partial charge < -0.3 is 15.0 Å². The number of ether oxygens (including phenoxy) is 1. The first-order valence-electron chi connectivity index (χ1n) is 12.0. The van der Waals surface area contributed by atoms with Crippen LogP contribution in [0.15, 0.2) is 43.0 Å². The Morgan fingerprint density at radius 2 is 1.97 bits per heavy atom. The van der Waals surface area contributed by atoms with Crippen LogP contribution in [-0.4, -0.2) is 44.4 Å². The molecule has 4 rings (SSSR count). The summed E-state index contributed by atoms with van der Waals surface area (Å²) >= 11 is 0. The number of nitrogens with zero attached hydrogens (tertiary/aromatic N) is 5. The minimum atomic E-state index is -4.74. The molecule has 1 aliphatic heterocycles. The average Bonchev–Trinajstić information content (AvgIpc) is 3.38. The first kappa shape index (κ1) is 25.5. The normalized spacial score (nSPS) is 16.1. The maximum atomic E-state index is 12.8. The molecular formula is C25H29F3N6O2. The molecule has 1 saturated heterocycles. The Labute approximate surface area is 207 Å². The van der Waals surface area contributed by atoms with Crippen LogP contribution >= 0.6 is 0 Å². The molecule has 11 heteroatoms. The SMILES string of the molecule is CCc1c(C)nc(-n2ccnc2)nc1N1CCCCC1CC(=O)NCc1ccc(OC(F)(F)F)cc1. The number of aryl methyl sites for hydroxylation is 1. The fraction of sp³-hybridized carbons (Fsp3) is 0.440. The number of carbonyl (C=O) groups excluding carboxylic acids is 1. The number of rotatable bonds is 8. The summed E-state index contributed by atoms with van der Waals surface area (Å²) in [6, 6.07) is 5.46. The van der Waals surface area contributed by atoms with E-state index in [-0.39, 0.29) is 24.2 Å². The fourth-order valence-corrected chi connectivity index (χ4v) is 4.50. The summed E-state index contributed by atoms with van der Waals surface area (Å²) in [4.78, 5) is 28.7. The van der Waals surface area contributed by atoms with Crippen molar-refractivity contribution in [3.63, 3.8) is 0 Å². The molecule has 1 unspecified atom stereocenters. The minimum absolute atomic E-state index is 0.0171. The lowest BCUT2D eigenvalue weighted by atomic mass is 9.97. The number of imidazole rings is 1. The number of hydrogen-bond donors (Lipinski definition) is 1. The molecule has 1 atom stereocenters. The van der Waals surface area contributed by atoms with E-state index in [2.05, 4.69) is 31.8 Å². The number of carbonyl (C=O) groups is 1. The molecule has 0 bridgehead atoms. The van der Waals surface area contributed by atoms with Crippen molar-refractivity contribution in [2.45, 2.75) is 64.9 Å². The molecule has 1 fully saturated rings. The molecule has 1 N–H and O–H groups in total. The highest BCUT2D eigenvalue weighted by molar-refractivity contribution is 5.77. The standard InChI is InChI=1S/C25H29F3N6O2/c1-3-21-17(2)31-24(33-13-11-29-16-33)32-23(21)34-12-5-4-6-19(34)14-22(35)30-15-18-7-9-20(10-8-18)36-25(26,27)28/h7-11,13,16,19H,3-6,12,14-15H2,1-2H3,(H,30,35). The van der Waals surface area contributed by atoms with Gasteiger partial charge in [-0.25, -0.2) is 9.97 Å². The first-order valence-corrected chi connectivity index (χ1v) is 12.0. The van der Waals surface area contributed by atoms with Gasteiger partial charge in [-0.1, -0.05) is 19.1 Å². The van der Waals surface area contributed by atoms with E-state index < -0.39 is 6.36 Å². The number of aromatic nitrogens is 4. The Hall–Kier alpha value is -3.63. The van der Waals surface area contributed by atoms with Gasteiger partial charge in [-0.2, -0.15) is 4.98 Å². The monoisotopic (exact) mass is 502 g/mol. The van der Waals surface area contributed by atoms with E-state index in [0.29, 0.717) is 17.9 Å². The molecule has 192 valence electrons. The molecule has 0 saturated carbocycles. The van der Waals surface area contributed by atoms with E-state index in [4.69, 9.17) is 4.98 Å². The van der Waals surface area contributed by atoms with Crippen molar-refractivity contribution in [3.8, 4) is 11.7 Å². The number of benzene rings is 1. The van der Waals surface area contributed by atoms with Crippen molar-refractivity contribution in [2.75, 3.05) is 11.4 Å². The summed E-state index contributed by atoms with van der Waals surface area (Å²) in [5, 5.41) is 2.89. The molecule has 2 aromatic heterocycles. The fourth-order valence-electron chi connectivity index (χ4n) is 4.50. The van der Waals surface area contributed by atoms with Crippen LogP contribution in [0.1, 0.15) is 49.4 Å². The quantitative estimate of drug-likeness (QED) is 0.488. The Kier molecular flexibility index (Phi) is 7.76. The highest BCUT2D eigenvalue weighted by Gasteiger charge is 2.31. The van der Waals surface area contributed by atoms with Crippen LogP contribution in [0.2, 0.25) is 0 Å². The maximum absolute atomic E-state index is 12.8. The Balaban J connectivity index is 1.44. The zero-order chi connectivity index (χ0) is 25.7. The maximum Gasteiger partial charge on any atom is 0.573 e. The zero-order valence-corrected chi connectivity index (χ0v) is 20.3. The molecule has 0 spiro atoms. The van der Waals surface area contributed by atoms with Gasteiger partial charge in [0.25, 0.3) is 0 Å². The summed E-state index contributed by atoms with van der Waals surface area (Å²) in [5.74, 6) is 0.980. The van der Waals surface area contributed by atoms with Crippen molar-refractivity contribution in [1.82, 2.24) is 24.8 Å². The van der Waals surface area contributed by atoms with Crippen molar-refractivity contribution in [1.29, 1.82) is 0 Å². The summed E-state index contributed by atoms with van der Waals surface area (Å²) in [5.41, 5.74) is 2.65. The van der Waals surface area contributed by atoms with Gasteiger partial charge in [0.2, 0.25) is 11.9 Å². The van der Waals surface area contributed by atoms with E-state index >= 15 is 0 Å². The highest BCUT2D eigenvalue weighted by atomic mass is 19.4. The molecule has 1 amide bonds. The van der Waals surface area contributed by atoms with Crippen LogP contribution in [0.4, 0.5) is 19.0 Å². The van der Waals surface area contributed by atoms with Gasteiger partial charge in [0.05, 0.1) is 0 Å². The highest BCUT2D eigenvalue weighted by Crippen LogP contribution is 2.30. The second-order valence-corrected chi connectivity index (χ2v) is 8.75. The van der Waals surface area contributed by atoms with Crippen molar-refractivity contribution in [3.05, 3.63) is 59.8 Å². The van der Waals surface area contributed by atoms with Gasteiger partial charge in [-0.05, 0) is 50.3 Å². The molecule has 0 aliphatic carbocycles. The molecular weight excluding hydrogens is 473 g/mol. The van der Waals surface area contributed by atoms with Crippen LogP contribution < -0.4 is 15.0 Å². The average molecular weight is 503 g/mol. The Bertz CT molecular complexity index is 1170. The Morgan fingerprint density at radius 3 is 2.64 bits per heavy atom. The van der Waals surface area contributed by atoms with Gasteiger partial charge in [0, 0.05) is 49.2 Å². The lowest BCUT2D eigenvalue weighted by Gasteiger charge is -2.37. The molecule has 8 nitrogen and oxygen atoms in total. The predicted octanol–water partition coefficient (Wildman–Crippen LogP) is 4.50. The molecule has 0 radical (unpaired) electrons. The second kappa shape index (κ2) is 11.0. The Morgan fingerprint density at radius 1 is 1.19 bits per heavy atom. The topological polar surface area (TPSA) is 85.2 Å². The lowest BCUT2D eigenvalue weighted by Crippen LogP contribution is -2.44. The third kappa shape index (κ3) is 6.32. The van der Waals surface area contributed by atoms with E-state index in [1.165, 1.54) is 24.3 Å². The first-order chi connectivity index (χ1) is 17.2. The molecule has 1 aliphatic rings. The van der Waals surface area contributed by atoms with E-state index in [1.807, 2.05) is 6.92 Å². The van der Waals surface area contributed by atoms with E-state index in [1.54, 1.807) is 23.3 Å². The molecule has 3 aromatic rings. The number of hydrogen-bond acceptors (Lipinski definition) is 6. The van der Waals surface area contributed by atoms with Gasteiger partial charge in [-0.3, -0.25) is 9.36 Å². The third-order valence-electron chi connectivity index (χ3n) is 6.24. The van der Waals surface area contributed by atoms with E-state index in [0.717, 1.165) is 49.3 Å². The number of piperidine rings is 1. The van der Waals surface area contributed by atoms with Gasteiger partial charge in [0.15, 0.2) is 0 Å². The van der Waals surface area contributed by atoms with Crippen molar-refractivity contribution < 1.29 is 22.7 Å². The molecule has 36 heavy (non-hydrogen) atoms. The number of anilines is 1. The van der Waals surface area contributed by atoms with E-state index in [9.17, 15) is 18.0 Å². The zero-order valence-electron chi connectivity index (χ0n) is 20.3. The van der Waals surface area contributed by atoms with Crippen LogP contribution in [0.5, 0.6) is 5.75 Å². The second-order valence-electron chi connectivity index (χ2n) is 8.75. The number of nitrogens with one attached hydrogen (secondary N) is 1. The van der Waals surface area contributed by atoms with Gasteiger partial charge in [-0.15, -0.1) is 13.2 Å². The van der Waals surface area contributed by atoms with Crippen molar-refractivity contribution in [2.24, 2.45) is 0 Å². The smallest absolute Gasteiger partial charge is 0.406 e. The number of halogens is 3. The molecule has 3 heterocycles. The lowest BCUT2D eigenvalue weighted by molar-refractivity contribution is -0.274. The van der Waals surface area contributed by atoms with Crippen LogP contribution in [0.3, 0.4) is 0 Å². The van der Waals surface area contributed by atoms with Gasteiger partial charge >= 0.3 is 6.36 Å². The van der Waals surface area contributed by atoms with Gasteiger partial charge in [0.1, 0.15) is 17.9 Å². The van der Waals surface area contributed by atoms with Crippen LogP contribution in [0, 0.1) is 6.92 Å². The summed E-state index contributed by atoms with van der Waals surface area (Å²) in [6.45, 7) is 5.06. The predicted molar refractivity (Wildman–Crippen MR) is 128 cm³/mol. The van der Waals surface area contributed by atoms with Crippen LogP contribution in [-0.2, 0) is 17.8 Å². The minimum Gasteiger partial charge on any atom is -0.406 e. The number of amides is 1. The largest absolute Gasteiger partial charge is 0.573 e. The van der Waals surface area contributed by atoms with Crippen molar-refractivity contribution >= 4 is 11.7 Å². The third-order valence-corrected chi connectivity index (χ3v) is 6.24. The summed E-state index contributed by atoms with van der Waals surface area (Å²) < 4.78 is 42.7. The summed E-state index contributed by atoms with van der Waals surface area (Å²) in [6.07, 6.45) is 4.37.